The molecule has 0 amide bonds. The Balaban J connectivity index is 2.12. The van der Waals surface area contributed by atoms with E-state index >= 15 is 0 Å². The lowest BCUT2D eigenvalue weighted by molar-refractivity contribution is -0.117. The highest BCUT2D eigenvalue weighted by molar-refractivity contribution is 6.01. The van der Waals surface area contributed by atoms with Gasteiger partial charge in [0.2, 0.25) is 0 Å². The van der Waals surface area contributed by atoms with Crippen molar-refractivity contribution in [2.75, 3.05) is 0 Å². The summed E-state index contributed by atoms with van der Waals surface area (Å²) in [7, 11) is 0. The van der Waals surface area contributed by atoms with Crippen molar-refractivity contribution in [1.29, 1.82) is 0 Å². The fraction of sp³-hybridized carbons (Fsp3) is 0.467. The van der Waals surface area contributed by atoms with Crippen LogP contribution in [0.3, 0.4) is 0 Å². The van der Waals surface area contributed by atoms with Crippen LogP contribution in [0.4, 0.5) is 0 Å². The molecule has 0 N–H and O–H groups in total. The molecule has 1 saturated carbocycles. The van der Waals surface area contributed by atoms with E-state index in [2.05, 4.69) is 0 Å². The van der Waals surface area contributed by atoms with Gasteiger partial charge in [-0.1, -0.05) is 12.1 Å². The summed E-state index contributed by atoms with van der Waals surface area (Å²) in [5.41, 5.74) is 0.646. The van der Waals surface area contributed by atoms with Crippen molar-refractivity contribution in [3.05, 3.63) is 29.8 Å². The molecule has 3 nitrogen and oxygen atoms in total. The minimum Gasteiger partial charge on any atom is -0.491 e. The van der Waals surface area contributed by atoms with E-state index in [-0.39, 0.29) is 23.6 Å². The van der Waals surface area contributed by atoms with Crippen molar-refractivity contribution < 1.29 is 14.3 Å². The maximum absolute atomic E-state index is 12.2. The summed E-state index contributed by atoms with van der Waals surface area (Å²) in [6.07, 6.45) is 1.71. The zero-order valence-corrected chi connectivity index (χ0v) is 10.8. The monoisotopic (exact) mass is 246 g/mol. The Bertz CT molecular complexity index is 463. The molecule has 0 aliphatic heterocycles. The molecule has 96 valence electrons. The maximum Gasteiger partial charge on any atom is 0.166 e. The molecule has 1 unspecified atom stereocenters. The zero-order valence-electron chi connectivity index (χ0n) is 10.8. The van der Waals surface area contributed by atoms with Gasteiger partial charge in [-0.05, 0) is 32.4 Å². The van der Waals surface area contributed by atoms with E-state index in [1.54, 1.807) is 12.1 Å². The molecule has 1 atom stereocenters. The third-order valence-corrected chi connectivity index (χ3v) is 3.11. The molecular weight excluding hydrogens is 228 g/mol. The van der Waals surface area contributed by atoms with Gasteiger partial charge in [-0.15, -0.1) is 0 Å². The molecule has 0 bridgehead atoms. The topological polar surface area (TPSA) is 43.4 Å². The van der Waals surface area contributed by atoms with Crippen LogP contribution in [0, 0.1) is 5.92 Å². The summed E-state index contributed by atoms with van der Waals surface area (Å²) in [5.74, 6) is 0.838. The lowest BCUT2D eigenvalue weighted by atomic mass is 9.96. The SMILES string of the molecule is CC(C)Oc1cccc(C(=O)C2CCC(=O)C2)c1. The second-order valence-corrected chi connectivity index (χ2v) is 5.04. The van der Waals surface area contributed by atoms with Crippen LogP contribution in [0.1, 0.15) is 43.5 Å². The van der Waals surface area contributed by atoms with Gasteiger partial charge in [0.1, 0.15) is 11.5 Å². The first-order valence-electron chi connectivity index (χ1n) is 6.39. The molecule has 0 saturated heterocycles. The molecule has 18 heavy (non-hydrogen) atoms. The first-order chi connectivity index (χ1) is 8.56. The molecule has 1 aliphatic rings. The summed E-state index contributed by atoms with van der Waals surface area (Å²) in [5, 5.41) is 0. The standard InChI is InChI=1S/C15H18O3/c1-10(2)18-14-5-3-4-11(9-14)15(17)12-6-7-13(16)8-12/h3-5,9-10,12H,6-8H2,1-2H3. The average molecular weight is 246 g/mol. The molecule has 3 heteroatoms. The quantitative estimate of drug-likeness (QED) is 0.767. The van der Waals surface area contributed by atoms with Gasteiger partial charge in [0.25, 0.3) is 0 Å². The number of rotatable bonds is 4. The number of benzene rings is 1. The third kappa shape index (κ3) is 2.97. The Morgan fingerprint density at radius 1 is 1.39 bits per heavy atom. The number of carbonyl (C=O) groups is 2. The van der Waals surface area contributed by atoms with Gasteiger partial charge >= 0.3 is 0 Å². The number of ketones is 2. The van der Waals surface area contributed by atoms with E-state index in [0.29, 0.717) is 30.6 Å². The first-order valence-corrected chi connectivity index (χ1v) is 6.39. The van der Waals surface area contributed by atoms with Crippen LogP contribution in [0.5, 0.6) is 5.75 Å². The number of carbonyl (C=O) groups excluding carboxylic acids is 2. The van der Waals surface area contributed by atoms with E-state index in [1.165, 1.54) is 0 Å². The van der Waals surface area contributed by atoms with Gasteiger partial charge in [-0.25, -0.2) is 0 Å². The Kier molecular flexibility index (Phi) is 3.80. The van der Waals surface area contributed by atoms with Crippen molar-refractivity contribution >= 4 is 11.6 Å². The smallest absolute Gasteiger partial charge is 0.166 e. The maximum atomic E-state index is 12.2. The van der Waals surface area contributed by atoms with Crippen LogP contribution in [-0.4, -0.2) is 17.7 Å². The average Bonchev–Trinajstić information content (AvgIpc) is 2.74. The highest BCUT2D eigenvalue weighted by Crippen LogP contribution is 2.27. The van der Waals surface area contributed by atoms with Crippen LogP contribution in [-0.2, 0) is 4.79 Å². The fourth-order valence-corrected chi connectivity index (χ4v) is 2.27. The van der Waals surface area contributed by atoms with Gasteiger partial charge in [0, 0.05) is 24.3 Å². The second kappa shape index (κ2) is 5.34. The van der Waals surface area contributed by atoms with E-state index in [0.717, 1.165) is 0 Å². The van der Waals surface area contributed by atoms with Crippen LogP contribution in [0.2, 0.25) is 0 Å². The number of hydrogen-bond acceptors (Lipinski definition) is 3. The summed E-state index contributed by atoms with van der Waals surface area (Å²) >= 11 is 0. The number of ether oxygens (including phenoxy) is 1. The molecule has 1 aliphatic carbocycles. The minimum absolute atomic E-state index is 0.0649. The third-order valence-electron chi connectivity index (χ3n) is 3.11. The Morgan fingerprint density at radius 2 is 2.17 bits per heavy atom. The summed E-state index contributed by atoms with van der Waals surface area (Å²) in [6.45, 7) is 3.90. The Hall–Kier alpha value is -1.64. The minimum atomic E-state index is -0.133. The Morgan fingerprint density at radius 3 is 2.78 bits per heavy atom. The molecular formula is C15H18O3. The van der Waals surface area contributed by atoms with Crippen molar-refractivity contribution in [1.82, 2.24) is 0 Å². The zero-order chi connectivity index (χ0) is 13.1. The van der Waals surface area contributed by atoms with E-state index in [4.69, 9.17) is 4.74 Å². The van der Waals surface area contributed by atoms with Crippen LogP contribution >= 0.6 is 0 Å². The molecule has 1 aromatic rings. The van der Waals surface area contributed by atoms with E-state index in [9.17, 15) is 9.59 Å². The van der Waals surface area contributed by atoms with Crippen molar-refractivity contribution in [2.24, 2.45) is 5.92 Å². The first kappa shape index (κ1) is 12.8. The molecule has 2 rings (SSSR count). The normalized spacial score (nSPS) is 19.3. The summed E-state index contributed by atoms with van der Waals surface area (Å²) in [6, 6.07) is 7.22. The molecule has 0 radical (unpaired) electrons. The second-order valence-electron chi connectivity index (χ2n) is 5.04. The highest BCUT2D eigenvalue weighted by Gasteiger charge is 2.28. The van der Waals surface area contributed by atoms with Gasteiger partial charge in [0.15, 0.2) is 5.78 Å². The number of Topliss-reactive ketones (excluding diaryl/α,β-unsaturated/α-hetero) is 2. The van der Waals surface area contributed by atoms with Crippen LogP contribution in [0.25, 0.3) is 0 Å². The van der Waals surface area contributed by atoms with Crippen molar-refractivity contribution in [3.63, 3.8) is 0 Å². The molecule has 0 spiro atoms. The van der Waals surface area contributed by atoms with E-state index in [1.807, 2.05) is 26.0 Å². The molecule has 1 fully saturated rings. The molecule has 0 aromatic heterocycles. The largest absolute Gasteiger partial charge is 0.491 e. The molecule has 0 heterocycles. The van der Waals surface area contributed by atoms with Gasteiger partial charge < -0.3 is 4.74 Å². The molecule has 1 aromatic carbocycles. The van der Waals surface area contributed by atoms with Gasteiger partial charge in [-0.2, -0.15) is 0 Å². The Labute approximate surface area is 107 Å². The predicted octanol–water partition coefficient (Wildman–Crippen LogP) is 3.03. The van der Waals surface area contributed by atoms with E-state index < -0.39 is 0 Å². The van der Waals surface area contributed by atoms with Gasteiger partial charge in [0.05, 0.1) is 6.10 Å². The lowest BCUT2D eigenvalue weighted by Crippen LogP contribution is -2.12. The van der Waals surface area contributed by atoms with Gasteiger partial charge in [-0.3, -0.25) is 9.59 Å². The highest BCUT2D eigenvalue weighted by atomic mass is 16.5. The predicted molar refractivity (Wildman–Crippen MR) is 68.9 cm³/mol. The number of hydrogen-bond donors (Lipinski definition) is 0. The van der Waals surface area contributed by atoms with Crippen molar-refractivity contribution in [3.8, 4) is 5.75 Å². The fourth-order valence-electron chi connectivity index (χ4n) is 2.27. The summed E-state index contributed by atoms with van der Waals surface area (Å²) in [4.78, 5) is 23.4. The van der Waals surface area contributed by atoms with Crippen LogP contribution < -0.4 is 4.74 Å². The lowest BCUT2D eigenvalue weighted by Gasteiger charge is -2.12. The van der Waals surface area contributed by atoms with Crippen LogP contribution in [0.15, 0.2) is 24.3 Å². The summed E-state index contributed by atoms with van der Waals surface area (Å²) < 4.78 is 5.57. The van der Waals surface area contributed by atoms with Crippen molar-refractivity contribution in [2.45, 2.75) is 39.2 Å².